The van der Waals surface area contributed by atoms with Gasteiger partial charge in [0.15, 0.2) is 0 Å². The minimum absolute atomic E-state index is 0.242. The monoisotopic (exact) mass is 259 g/mol. The summed E-state index contributed by atoms with van der Waals surface area (Å²) in [5, 5.41) is 0. The van der Waals surface area contributed by atoms with Gasteiger partial charge in [-0.3, -0.25) is 0 Å². The minimum Gasteiger partial charge on any atom is -0.371 e. The van der Waals surface area contributed by atoms with E-state index in [0.29, 0.717) is 0 Å². The highest BCUT2D eigenvalue weighted by Gasteiger charge is 2.23. The molecule has 0 N–H and O–H groups in total. The Morgan fingerprint density at radius 2 is 1.63 bits per heavy atom. The molecule has 1 saturated heterocycles. The van der Waals surface area contributed by atoms with Crippen molar-refractivity contribution in [1.82, 2.24) is 0 Å². The number of benzene rings is 1. The van der Waals surface area contributed by atoms with Gasteiger partial charge >= 0.3 is 0 Å². The van der Waals surface area contributed by atoms with Gasteiger partial charge in [0.1, 0.15) is 0 Å². The van der Waals surface area contributed by atoms with E-state index in [-0.39, 0.29) is 5.41 Å². The van der Waals surface area contributed by atoms with Gasteiger partial charge in [0.25, 0.3) is 0 Å². The Hall–Kier alpha value is -0.980. The molecule has 0 unspecified atom stereocenters. The Morgan fingerprint density at radius 3 is 2.11 bits per heavy atom. The van der Waals surface area contributed by atoms with Crippen molar-refractivity contribution in [1.29, 1.82) is 0 Å². The number of hydrogen-bond acceptors (Lipinski definition) is 1. The highest BCUT2D eigenvalue weighted by Crippen LogP contribution is 2.31. The van der Waals surface area contributed by atoms with Gasteiger partial charge in [-0.2, -0.15) is 0 Å². The zero-order valence-corrected chi connectivity index (χ0v) is 13.5. The summed E-state index contributed by atoms with van der Waals surface area (Å²) < 4.78 is 0. The van der Waals surface area contributed by atoms with Crippen LogP contribution < -0.4 is 4.90 Å². The van der Waals surface area contributed by atoms with Crippen molar-refractivity contribution in [3.63, 3.8) is 0 Å². The maximum Gasteiger partial charge on any atom is 0.0396 e. The van der Waals surface area contributed by atoms with Crippen LogP contribution in [-0.4, -0.2) is 13.1 Å². The van der Waals surface area contributed by atoms with Crippen LogP contribution >= 0.6 is 0 Å². The minimum atomic E-state index is 0.242. The molecule has 2 atom stereocenters. The van der Waals surface area contributed by atoms with Crippen LogP contribution in [-0.2, 0) is 5.41 Å². The van der Waals surface area contributed by atoms with Gasteiger partial charge in [-0.1, -0.05) is 46.8 Å². The van der Waals surface area contributed by atoms with Crippen LogP contribution in [0.3, 0.4) is 0 Å². The number of hydrogen-bond donors (Lipinski definition) is 0. The summed E-state index contributed by atoms with van der Waals surface area (Å²) in [7, 11) is 0. The highest BCUT2D eigenvalue weighted by molar-refractivity contribution is 5.55. The molecule has 0 amide bonds. The smallest absolute Gasteiger partial charge is 0.0396 e. The standard InChI is InChI=1S/C18H29N/c1-13-9-14(2)12-19(11-13)17-8-7-16(10-15(17)3)18(4,5)6/h7-8,10,13-14H,9,11-12H2,1-6H3/t13-,14+. The van der Waals surface area contributed by atoms with Gasteiger partial charge in [-0.25, -0.2) is 0 Å². The van der Waals surface area contributed by atoms with E-state index in [1.807, 2.05) is 0 Å². The van der Waals surface area contributed by atoms with Crippen LogP contribution in [0.15, 0.2) is 18.2 Å². The predicted octanol–water partition coefficient (Wildman–Crippen LogP) is 4.77. The third kappa shape index (κ3) is 3.32. The zero-order valence-electron chi connectivity index (χ0n) is 13.5. The average Bonchev–Trinajstić information content (AvgIpc) is 2.26. The lowest BCUT2D eigenvalue weighted by molar-refractivity contribution is 0.356. The van der Waals surface area contributed by atoms with Crippen molar-refractivity contribution in [3.05, 3.63) is 29.3 Å². The fourth-order valence-corrected chi connectivity index (χ4v) is 3.34. The van der Waals surface area contributed by atoms with Crippen LogP contribution in [0.1, 0.15) is 52.2 Å². The summed E-state index contributed by atoms with van der Waals surface area (Å²) in [6, 6.07) is 7.02. The Labute approximate surface area is 119 Å². The van der Waals surface area contributed by atoms with Gasteiger partial charge in [-0.15, -0.1) is 0 Å². The molecule has 2 rings (SSSR count). The van der Waals surface area contributed by atoms with Crippen LogP contribution in [0.4, 0.5) is 5.69 Å². The van der Waals surface area contributed by atoms with Crippen molar-refractivity contribution in [2.45, 2.75) is 53.4 Å². The van der Waals surface area contributed by atoms with Gasteiger partial charge in [0, 0.05) is 18.8 Å². The maximum atomic E-state index is 2.58. The SMILES string of the molecule is Cc1cc(C(C)(C)C)ccc1N1C[C@H](C)C[C@H](C)C1. The molecular weight excluding hydrogens is 230 g/mol. The molecule has 0 aromatic heterocycles. The van der Waals surface area contributed by atoms with Crippen molar-refractivity contribution in [2.75, 3.05) is 18.0 Å². The van der Waals surface area contributed by atoms with Crippen molar-refractivity contribution in [2.24, 2.45) is 11.8 Å². The Bertz CT molecular complexity index is 431. The van der Waals surface area contributed by atoms with E-state index in [2.05, 4.69) is 64.6 Å². The molecule has 1 heteroatoms. The number of anilines is 1. The maximum absolute atomic E-state index is 2.58. The molecule has 1 aromatic carbocycles. The van der Waals surface area contributed by atoms with E-state index >= 15 is 0 Å². The number of nitrogens with zero attached hydrogens (tertiary/aromatic N) is 1. The van der Waals surface area contributed by atoms with Crippen molar-refractivity contribution in [3.8, 4) is 0 Å². The average molecular weight is 259 g/mol. The summed E-state index contributed by atoms with van der Waals surface area (Å²) in [6.07, 6.45) is 1.37. The molecule has 0 radical (unpaired) electrons. The molecule has 1 aromatic rings. The number of rotatable bonds is 1. The molecule has 19 heavy (non-hydrogen) atoms. The van der Waals surface area contributed by atoms with Crippen molar-refractivity contribution < 1.29 is 0 Å². The molecule has 106 valence electrons. The topological polar surface area (TPSA) is 3.24 Å². The molecule has 0 aliphatic carbocycles. The lowest BCUT2D eigenvalue weighted by Gasteiger charge is -2.37. The lowest BCUT2D eigenvalue weighted by atomic mass is 9.85. The van der Waals surface area contributed by atoms with E-state index in [1.165, 1.54) is 36.3 Å². The largest absolute Gasteiger partial charge is 0.371 e. The first-order valence-corrected chi connectivity index (χ1v) is 7.63. The van der Waals surface area contributed by atoms with Gasteiger partial charge in [-0.05, 0) is 47.8 Å². The number of aryl methyl sites for hydroxylation is 1. The first-order valence-electron chi connectivity index (χ1n) is 7.63. The second-order valence-electron chi connectivity index (χ2n) is 7.60. The first kappa shape index (κ1) is 14.4. The van der Waals surface area contributed by atoms with E-state index < -0.39 is 0 Å². The van der Waals surface area contributed by atoms with Crippen LogP contribution in [0, 0.1) is 18.8 Å². The summed E-state index contributed by atoms with van der Waals surface area (Å²) >= 11 is 0. The summed E-state index contributed by atoms with van der Waals surface area (Å²) in [5.74, 6) is 1.62. The van der Waals surface area contributed by atoms with E-state index in [9.17, 15) is 0 Å². The Balaban J connectivity index is 2.26. The second kappa shape index (κ2) is 5.19. The lowest BCUT2D eigenvalue weighted by Crippen LogP contribution is -2.39. The van der Waals surface area contributed by atoms with E-state index in [1.54, 1.807) is 0 Å². The molecule has 1 aliphatic heterocycles. The van der Waals surface area contributed by atoms with Gasteiger partial charge < -0.3 is 4.90 Å². The first-order chi connectivity index (χ1) is 8.77. The van der Waals surface area contributed by atoms with E-state index in [0.717, 1.165) is 11.8 Å². The quantitative estimate of drug-likeness (QED) is 0.702. The Morgan fingerprint density at radius 1 is 1.05 bits per heavy atom. The molecule has 1 nitrogen and oxygen atoms in total. The van der Waals surface area contributed by atoms with Crippen LogP contribution in [0.25, 0.3) is 0 Å². The van der Waals surface area contributed by atoms with Gasteiger partial charge in [0.05, 0.1) is 0 Å². The molecule has 1 heterocycles. The fourth-order valence-electron chi connectivity index (χ4n) is 3.34. The molecule has 0 saturated carbocycles. The molecule has 1 aliphatic rings. The second-order valence-corrected chi connectivity index (χ2v) is 7.60. The molecule has 1 fully saturated rings. The van der Waals surface area contributed by atoms with Crippen LogP contribution in [0.5, 0.6) is 0 Å². The molecule has 0 bridgehead atoms. The number of piperidine rings is 1. The normalized spacial score (nSPS) is 24.6. The fraction of sp³-hybridized carbons (Fsp3) is 0.667. The molecule has 0 spiro atoms. The Kier molecular flexibility index (Phi) is 3.94. The van der Waals surface area contributed by atoms with Crippen molar-refractivity contribution >= 4 is 5.69 Å². The molecular formula is C18H29N. The third-order valence-corrected chi connectivity index (χ3v) is 4.27. The third-order valence-electron chi connectivity index (χ3n) is 4.27. The van der Waals surface area contributed by atoms with Gasteiger partial charge in [0.2, 0.25) is 0 Å². The zero-order chi connectivity index (χ0) is 14.2. The van der Waals surface area contributed by atoms with Crippen LogP contribution in [0.2, 0.25) is 0 Å². The highest BCUT2D eigenvalue weighted by atomic mass is 15.1. The summed E-state index contributed by atoms with van der Waals surface area (Å²) in [5.41, 5.74) is 4.54. The predicted molar refractivity (Wildman–Crippen MR) is 85.0 cm³/mol. The summed E-state index contributed by atoms with van der Waals surface area (Å²) in [4.78, 5) is 2.58. The summed E-state index contributed by atoms with van der Waals surface area (Å²) in [6.45, 7) is 16.3. The van der Waals surface area contributed by atoms with E-state index in [4.69, 9.17) is 0 Å².